The van der Waals surface area contributed by atoms with Crippen LogP contribution >= 0.6 is 0 Å². The summed E-state index contributed by atoms with van der Waals surface area (Å²) < 4.78 is 0. The number of hydrogen-bond acceptors (Lipinski definition) is 1. The molecule has 0 bridgehead atoms. The summed E-state index contributed by atoms with van der Waals surface area (Å²) in [4.78, 5) is 0. The van der Waals surface area contributed by atoms with Crippen molar-refractivity contribution in [3.05, 3.63) is 29.8 Å². The topological polar surface area (TPSA) is 47.6 Å². The Morgan fingerprint density at radius 3 is 2.75 bits per heavy atom. The monoisotopic (exact) mass is 159 g/mol. The van der Waals surface area contributed by atoms with Crippen molar-refractivity contribution in [1.29, 1.82) is 5.26 Å². The van der Waals surface area contributed by atoms with Gasteiger partial charge in [0.25, 0.3) is 0 Å². The molecule has 12 heavy (non-hydrogen) atoms. The third kappa shape index (κ3) is 2.28. The van der Waals surface area contributed by atoms with Gasteiger partial charge in [0.1, 0.15) is 0 Å². The van der Waals surface area contributed by atoms with Gasteiger partial charge in [-0.1, -0.05) is 18.2 Å². The highest BCUT2D eigenvalue weighted by Crippen LogP contribution is 2.14. The minimum atomic E-state index is 0.578. The van der Waals surface area contributed by atoms with Crippen LogP contribution in [-0.4, -0.2) is 0 Å². The molecule has 0 aliphatic rings. The normalized spacial score (nSPS) is 9.25. The van der Waals surface area contributed by atoms with E-state index in [1.165, 1.54) is 0 Å². The zero-order chi connectivity index (χ0) is 8.81. The van der Waals surface area contributed by atoms with Gasteiger partial charge in [-0.3, -0.25) is 0 Å². The van der Waals surface area contributed by atoms with E-state index in [0.717, 1.165) is 18.4 Å². The number of nitrogens with one attached hydrogen (secondary N) is 1. The average molecular weight is 159 g/mol. The molecule has 0 fully saturated rings. The van der Waals surface area contributed by atoms with Crippen molar-refractivity contribution in [2.45, 2.75) is 19.3 Å². The first-order chi connectivity index (χ1) is 5.84. The third-order valence-electron chi connectivity index (χ3n) is 1.75. The quantitative estimate of drug-likeness (QED) is 0.625. The van der Waals surface area contributed by atoms with Crippen LogP contribution in [0.2, 0.25) is 0 Å². The molecule has 0 saturated heterocycles. The number of nitrogens with zero attached hydrogens (tertiary/aromatic N) is 1. The van der Waals surface area contributed by atoms with E-state index in [4.69, 9.17) is 11.0 Å². The Balaban J connectivity index is 2.53. The van der Waals surface area contributed by atoms with Crippen molar-refractivity contribution < 1.29 is 0 Å². The predicted octanol–water partition coefficient (Wildman–Crippen LogP) is 2.45. The number of benzene rings is 1. The zero-order valence-corrected chi connectivity index (χ0v) is 6.88. The van der Waals surface area contributed by atoms with Gasteiger partial charge in [0.15, 0.2) is 0 Å². The second-order valence-electron chi connectivity index (χ2n) is 2.67. The second-order valence-corrected chi connectivity index (χ2v) is 2.67. The summed E-state index contributed by atoms with van der Waals surface area (Å²) in [7, 11) is 0. The van der Waals surface area contributed by atoms with Crippen LogP contribution in [0.1, 0.15) is 18.4 Å². The summed E-state index contributed by atoms with van der Waals surface area (Å²) in [5.74, 6) is 0. The summed E-state index contributed by atoms with van der Waals surface area (Å²) in [6.07, 6.45) is 2.27. The van der Waals surface area contributed by atoms with Crippen molar-refractivity contribution in [2.75, 3.05) is 0 Å². The van der Waals surface area contributed by atoms with Crippen LogP contribution in [-0.2, 0) is 6.42 Å². The van der Waals surface area contributed by atoms with Gasteiger partial charge >= 0.3 is 0 Å². The van der Waals surface area contributed by atoms with Gasteiger partial charge in [0, 0.05) is 6.42 Å². The maximum Gasteiger partial charge on any atom is 0.0621 e. The Morgan fingerprint density at radius 2 is 2.08 bits per heavy atom. The molecule has 1 aromatic carbocycles. The van der Waals surface area contributed by atoms with Gasteiger partial charge in [-0.2, -0.15) is 5.26 Å². The Hall–Kier alpha value is -1.49. The molecule has 0 saturated carbocycles. The van der Waals surface area contributed by atoms with Crippen LogP contribution in [0.15, 0.2) is 24.3 Å². The number of hydrogen-bond donors (Lipinski definition) is 0. The summed E-state index contributed by atoms with van der Waals surface area (Å²) in [6, 6.07) is 9.61. The predicted molar refractivity (Wildman–Crippen MR) is 47.7 cm³/mol. The van der Waals surface area contributed by atoms with Crippen molar-refractivity contribution in [3.63, 3.8) is 0 Å². The minimum absolute atomic E-state index is 0.578. The van der Waals surface area contributed by atoms with Crippen LogP contribution < -0.4 is 5.73 Å². The van der Waals surface area contributed by atoms with E-state index < -0.39 is 0 Å². The van der Waals surface area contributed by atoms with E-state index in [2.05, 4.69) is 6.07 Å². The maximum atomic E-state index is 8.32. The highest BCUT2D eigenvalue weighted by atomic mass is 14.6. The molecule has 0 unspecified atom stereocenters. The molecule has 0 aliphatic heterocycles. The Labute approximate surface area is 72.6 Å². The Morgan fingerprint density at radius 1 is 1.33 bits per heavy atom. The van der Waals surface area contributed by atoms with E-state index >= 15 is 0 Å². The molecule has 1 rings (SSSR count). The van der Waals surface area contributed by atoms with Crippen molar-refractivity contribution in [2.24, 2.45) is 0 Å². The molecule has 0 aliphatic carbocycles. The summed E-state index contributed by atoms with van der Waals surface area (Å²) in [5.41, 5.74) is 9.14. The fourth-order valence-corrected chi connectivity index (χ4v) is 1.10. The lowest BCUT2D eigenvalue weighted by molar-refractivity contribution is 0.850. The second kappa shape index (κ2) is 4.40. The molecule has 0 spiro atoms. The Kier molecular flexibility index (Phi) is 3.16. The SMILES string of the molecule is N#CCCCc1ccccc1[NH]. The van der Waals surface area contributed by atoms with E-state index in [1.54, 1.807) is 6.07 Å². The van der Waals surface area contributed by atoms with Crippen LogP contribution in [0.5, 0.6) is 0 Å². The average Bonchev–Trinajstić information content (AvgIpc) is 2.09. The zero-order valence-electron chi connectivity index (χ0n) is 6.88. The third-order valence-corrected chi connectivity index (χ3v) is 1.75. The molecule has 0 atom stereocenters. The fraction of sp³-hybridized carbons (Fsp3) is 0.300. The number of nitriles is 1. The molecule has 0 amide bonds. The molecule has 2 heteroatoms. The first-order valence-corrected chi connectivity index (χ1v) is 4.01. The van der Waals surface area contributed by atoms with Crippen molar-refractivity contribution >= 4 is 5.69 Å². The first kappa shape index (κ1) is 8.61. The highest BCUT2D eigenvalue weighted by molar-refractivity contribution is 5.42. The van der Waals surface area contributed by atoms with Gasteiger partial charge in [0.2, 0.25) is 0 Å². The van der Waals surface area contributed by atoms with Crippen molar-refractivity contribution in [1.82, 2.24) is 5.73 Å². The minimum Gasteiger partial charge on any atom is -0.301 e. The number of unbranched alkanes of at least 4 members (excludes halogenated alkanes) is 1. The van der Waals surface area contributed by atoms with Gasteiger partial charge in [-0.25, -0.2) is 0 Å². The summed E-state index contributed by atoms with van der Waals surface area (Å²) >= 11 is 0. The Bertz CT molecular complexity index is 286. The van der Waals surface area contributed by atoms with Crippen LogP contribution in [0.4, 0.5) is 5.69 Å². The lowest BCUT2D eigenvalue weighted by atomic mass is 10.1. The summed E-state index contributed by atoms with van der Waals surface area (Å²) in [5, 5.41) is 8.32. The largest absolute Gasteiger partial charge is 0.301 e. The molecule has 0 aromatic heterocycles. The number of aryl methyl sites for hydroxylation is 1. The standard InChI is InChI=1S/C10H11N2/c11-8-4-3-6-9-5-1-2-7-10(9)12/h1-2,5,7,12H,3-4,6H2. The van der Waals surface area contributed by atoms with E-state index in [0.29, 0.717) is 12.1 Å². The fourth-order valence-electron chi connectivity index (χ4n) is 1.10. The molecule has 61 valence electrons. The molecule has 1 N–H and O–H groups in total. The van der Waals surface area contributed by atoms with Gasteiger partial charge < -0.3 is 5.73 Å². The smallest absolute Gasteiger partial charge is 0.0621 e. The van der Waals surface area contributed by atoms with Crippen LogP contribution in [0.25, 0.3) is 0 Å². The lowest BCUT2D eigenvalue weighted by Gasteiger charge is -2.00. The molecule has 1 aromatic rings. The van der Waals surface area contributed by atoms with Crippen LogP contribution in [0, 0.1) is 11.3 Å². The van der Waals surface area contributed by atoms with Crippen molar-refractivity contribution in [3.8, 4) is 6.07 Å². The van der Waals surface area contributed by atoms with E-state index in [9.17, 15) is 0 Å². The van der Waals surface area contributed by atoms with Gasteiger partial charge in [-0.05, 0) is 24.5 Å². The number of rotatable bonds is 3. The molecule has 1 radical (unpaired) electrons. The molecular weight excluding hydrogens is 148 g/mol. The molecule has 0 heterocycles. The van der Waals surface area contributed by atoms with Crippen LogP contribution in [0.3, 0.4) is 0 Å². The van der Waals surface area contributed by atoms with E-state index in [1.807, 2.05) is 18.2 Å². The first-order valence-electron chi connectivity index (χ1n) is 4.01. The summed E-state index contributed by atoms with van der Waals surface area (Å²) in [6.45, 7) is 0. The highest BCUT2D eigenvalue weighted by Gasteiger charge is 1.96. The lowest BCUT2D eigenvalue weighted by Crippen LogP contribution is -1.86. The van der Waals surface area contributed by atoms with Gasteiger partial charge in [-0.15, -0.1) is 0 Å². The van der Waals surface area contributed by atoms with E-state index in [-0.39, 0.29) is 0 Å². The maximum absolute atomic E-state index is 8.32. The molecule has 2 nitrogen and oxygen atoms in total. The van der Waals surface area contributed by atoms with Gasteiger partial charge in [0.05, 0.1) is 11.8 Å². The molecular formula is C10H11N2.